The quantitative estimate of drug-likeness (QED) is 0.325. The van der Waals surface area contributed by atoms with Gasteiger partial charge in [-0.2, -0.15) is 0 Å². The molecule has 0 atom stereocenters. The molecule has 0 aliphatic heterocycles. The second-order valence-corrected chi connectivity index (χ2v) is 6.32. The van der Waals surface area contributed by atoms with Crippen molar-refractivity contribution in [3.05, 3.63) is 83.4 Å². The molecule has 0 unspecified atom stereocenters. The van der Waals surface area contributed by atoms with Crippen LogP contribution in [0.3, 0.4) is 0 Å². The van der Waals surface area contributed by atoms with Crippen molar-refractivity contribution in [2.75, 3.05) is 6.67 Å². The number of aryl methyl sites for hydroxylation is 1. The van der Waals surface area contributed by atoms with Gasteiger partial charge >= 0.3 is 0 Å². The highest BCUT2D eigenvalue weighted by Gasteiger charge is 2.14. The van der Waals surface area contributed by atoms with E-state index in [4.69, 9.17) is 0 Å². The molecule has 3 aromatic rings. The van der Waals surface area contributed by atoms with E-state index in [-0.39, 0.29) is 5.56 Å². The minimum Gasteiger partial charge on any atom is -0.251 e. The van der Waals surface area contributed by atoms with Crippen LogP contribution in [-0.4, -0.2) is 6.67 Å². The lowest BCUT2D eigenvalue weighted by Gasteiger charge is -2.10. The second kappa shape index (κ2) is 8.33. The average Bonchev–Trinajstić information content (AvgIpc) is 2.61. The Morgan fingerprint density at radius 3 is 1.70 bits per heavy atom. The molecule has 0 N–H and O–H groups in total. The fourth-order valence-corrected chi connectivity index (χ4v) is 3.02. The third-order valence-corrected chi connectivity index (χ3v) is 4.32. The summed E-state index contributed by atoms with van der Waals surface area (Å²) in [6.07, 6.45) is 1.28. The Morgan fingerprint density at radius 1 is 0.593 bits per heavy atom. The van der Waals surface area contributed by atoms with E-state index < -0.39 is 29.9 Å². The van der Waals surface area contributed by atoms with E-state index in [9.17, 15) is 22.0 Å². The van der Waals surface area contributed by atoms with E-state index in [0.717, 1.165) is 6.07 Å². The Balaban J connectivity index is 1.88. The summed E-state index contributed by atoms with van der Waals surface area (Å²) >= 11 is 0. The monoisotopic (exact) mass is 376 g/mol. The van der Waals surface area contributed by atoms with E-state index >= 15 is 0 Å². The summed E-state index contributed by atoms with van der Waals surface area (Å²) in [6, 6.07) is 11.8. The molecule has 0 heterocycles. The molecular formula is C22H17F5. The van der Waals surface area contributed by atoms with Crippen LogP contribution in [0.4, 0.5) is 22.0 Å². The normalized spacial score (nSPS) is 11.0. The van der Waals surface area contributed by atoms with Crippen molar-refractivity contribution in [3.8, 4) is 22.3 Å². The van der Waals surface area contributed by atoms with Gasteiger partial charge in [0.05, 0.1) is 12.2 Å². The van der Waals surface area contributed by atoms with Crippen LogP contribution in [-0.2, 0) is 6.42 Å². The average molecular weight is 376 g/mol. The first-order chi connectivity index (χ1) is 13.0. The van der Waals surface area contributed by atoms with Crippen LogP contribution in [0.25, 0.3) is 22.3 Å². The maximum absolute atomic E-state index is 14.4. The zero-order valence-electron chi connectivity index (χ0n) is 14.4. The topological polar surface area (TPSA) is 0 Å². The lowest BCUT2D eigenvalue weighted by atomic mass is 9.97. The molecular weight excluding hydrogens is 359 g/mol. The van der Waals surface area contributed by atoms with Crippen LogP contribution < -0.4 is 0 Å². The van der Waals surface area contributed by atoms with Gasteiger partial charge in [0.2, 0.25) is 0 Å². The minimum atomic E-state index is -0.700. The number of alkyl halides is 1. The van der Waals surface area contributed by atoms with Crippen LogP contribution in [0.1, 0.15) is 18.4 Å². The van der Waals surface area contributed by atoms with Gasteiger partial charge in [-0.25, -0.2) is 17.6 Å². The third kappa shape index (κ3) is 4.54. The fraction of sp³-hybridized carbons (Fsp3) is 0.182. The molecule has 0 spiro atoms. The highest BCUT2D eigenvalue weighted by molar-refractivity contribution is 5.71. The number of unbranched alkanes of at least 4 members (excludes halogenated alkanes) is 1. The Labute approximate surface area is 154 Å². The van der Waals surface area contributed by atoms with Crippen molar-refractivity contribution in [2.24, 2.45) is 0 Å². The maximum Gasteiger partial charge on any atom is 0.134 e. The highest BCUT2D eigenvalue weighted by Crippen LogP contribution is 2.30. The Hall–Kier alpha value is -2.69. The summed E-state index contributed by atoms with van der Waals surface area (Å²) in [7, 11) is 0. The molecule has 0 amide bonds. The molecule has 0 nitrogen and oxygen atoms in total. The molecule has 3 rings (SSSR count). The van der Waals surface area contributed by atoms with Crippen molar-refractivity contribution < 1.29 is 22.0 Å². The Kier molecular flexibility index (Phi) is 5.89. The van der Waals surface area contributed by atoms with Gasteiger partial charge in [-0.1, -0.05) is 24.3 Å². The van der Waals surface area contributed by atoms with Gasteiger partial charge in [-0.05, 0) is 65.8 Å². The summed E-state index contributed by atoms with van der Waals surface area (Å²) in [6.45, 7) is -0.454. The molecule has 5 heteroatoms. The van der Waals surface area contributed by atoms with Gasteiger partial charge in [0.15, 0.2) is 0 Å². The Morgan fingerprint density at radius 2 is 1.15 bits per heavy atom. The molecule has 0 saturated carbocycles. The molecule has 3 aromatic carbocycles. The summed E-state index contributed by atoms with van der Waals surface area (Å²) in [4.78, 5) is 0. The zero-order chi connectivity index (χ0) is 19.4. The van der Waals surface area contributed by atoms with Gasteiger partial charge in [0.25, 0.3) is 0 Å². The highest BCUT2D eigenvalue weighted by atomic mass is 19.1. The smallest absolute Gasteiger partial charge is 0.134 e. The molecule has 140 valence electrons. The van der Waals surface area contributed by atoms with E-state index in [1.165, 1.54) is 36.4 Å². The molecule has 0 aliphatic carbocycles. The lowest BCUT2D eigenvalue weighted by Crippen LogP contribution is -1.95. The maximum atomic E-state index is 14.4. The molecule has 0 aromatic heterocycles. The fourth-order valence-electron chi connectivity index (χ4n) is 3.02. The lowest BCUT2D eigenvalue weighted by molar-refractivity contribution is 0.461. The third-order valence-electron chi connectivity index (χ3n) is 4.32. The van der Waals surface area contributed by atoms with Crippen LogP contribution in [0, 0.1) is 23.3 Å². The van der Waals surface area contributed by atoms with Crippen LogP contribution in [0.2, 0.25) is 0 Å². The van der Waals surface area contributed by atoms with Crippen LogP contribution in [0.5, 0.6) is 0 Å². The summed E-state index contributed by atoms with van der Waals surface area (Å²) in [5, 5.41) is 0. The minimum absolute atomic E-state index is 0.166. The number of halogens is 5. The second-order valence-electron chi connectivity index (χ2n) is 6.32. The predicted octanol–water partition coefficient (Wildman–Crippen LogP) is 6.87. The van der Waals surface area contributed by atoms with Crippen molar-refractivity contribution in [2.45, 2.75) is 19.3 Å². The largest absolute Gasteiger partial charge is 0.251 e. The molecule has 27 heavy (non-hydrogen) atoms. The first-order valence-corrected chi connectivity index (χ1v) is 8.58. The molecule has 0 radical (unpaired) electrons. The summed E-state index contributed by atoms with van der Waals surface area (Å²) < 4.78 is 67.7. The van der Waals surface area contributed by atoms with E-state index in [0.29, 0.717) is 41.5 Å². The SMILES string of the molecule is FCCCCc1cc(F)c(-c2ccc(-c3cc(F)cc(F)c3)cc2)c(F)c1. The molecule has 0 saturated heterocycles. The number of hydrogen-bond donors (Lipinski definition) is 0. The van der Waals surface area contributed by atoms with Crippen LogP contribution in [0.15, 0.2) is 54.6 Å². The van der Waals surface area contributed by atoms with Crippen molar-refractivity contribution >= 4 is 0 Å². The van der Waals surface area contributed by atoms with E-state index in [1.54, 1.807) is 12.1 Å². The summed E-state index contributed by atoms with van der Waals surface area (Å²) in [5.74, 6) is -2.80. The van der Waals surface area contributed by atoms with Gasteiger partial charge in [0, 0.05) is 6.07 Å². The van der Waals surface area contributed by atoms with Crippen LogP contribution >= 0.6 is 0 Å². The van der Waals surface area contributed by atoms with Crippen molar-refractivity contribution in [1.82, 2.24) is 0 Å². The van der Waals surface area contributed by atoms with E-state index in [2.05, 4.69) is 0 Å². The van der Waals surface area contributed by atoms with Crippen molar-refractivity contribution in [3.63, 3.8) is 0 Å². The van der Waals surface area contributed by atoms with Gasteiger partial charge in [-0.3, -0.25) is 4.39 Å². The Bertz CT molecular complexity index is 889. The van der Waals surface area contributed by atoms with Gasteiger partial charge in [-0.15, -0.1) is 0 Å². The number of benzene rings is 3. The molecule has 0 bridgehead atoms. The number of rotatable bonds is 6. The first kappa shape index (κ1) is 19.1. The van der Waals surface area contributed by atoms with Gasteiger partial charge < -0.3 is 0 Å². The zero-order valence-corrected chi connectivity index (χ0v) is 14.4. The summed E-state index contributed by atoms with van der Waals surface area (Å²) in [5.41, 5.74) is 1.50. The first-order valence-electron chi connectivity index (χ1n) is 8.58. The standard InChI is InChI=1S/C22H17F5/c23-8-2-1-3-14-9-20(26)22(21(27)10-14)16-6-4-15(5-7-16)17-11-18(24)13-19(25)12-17/h4-7,9-13H,1-3,8H2. The van der Waals surface area contributed by atoms with Gasteiger partial charge in [0.1, 0.15) is 23.3 Å². The predicted molar refractivity (Wildman–Crippen MR) is 96.1 cm³/mol. The van der Waals surface area contributed by atoms with Crippen molar-refractivity contribution in [1.29, 1.82) is 0 Å². The molecule has 0 fully saturated rings. The number of hydrogen-bond acceptors (Lipinski definition) is 0. The van der Waals surface area contributed by atoms with E-state index in [1.807, 2.05) is 0 Å². The molecule has 0 aliphatic rings.